The highest BCUT2D eigenvalue weighted by Gasteiger charge is 1.90. The van der Waals surface area contributed by atoms with Crippen molar-refractivity contribution in [3.05, 3.63) is 35.2 Å². The van der Waals surface area contributed by atoms with Gasteiger partial charge in [0.15, 0.2) is 0 Å². The van der Waals surface area contributed by atoms with Crippen LogP contribution < -0.4 is 5.43 Å². The van der Waals surface area contributed by atoms with Crippen LogP contribution in [0, 0.1) is 4.91 Å². The summed E-state index contributed by atoms with van der Waals surface area (Å²) in [5.41, 5.74) is 2.37. The fourth-order valence-electron chi connectivity index (χ4n) is 0.777. The summed E-state index contributed by atoms with van der Waals surface area (Å²) in [5.74, 6) is 0.857. The maximum Gasteiger partial charge on any atom is 0.0496 e. The minimum Gasteiger partial charge on any atom is -0.273 e. The SMILES string of the molecule is O=NNCCSc1ccccc1. The third-order valence-electron chi connectivity index (χ3n) is 1.29. The average molecular weight is 182 g/mol. The summed E-state index contributed by atoms with van der Waals surface area (Å²) in [5, 5.41) is 2.55. The molecule has 0 saturated heterocycles. The first-order valence-corrected chi connectivity index (χ1v) is 4.65. The van der Waals surface area contributed by atoms with Crippen LogP contribution in [0.2, 0.25) is 0 Å². The molecule has 0 aromatic heterocycles. The second-order valence-corrected chi connectivity index (χ2v) is 3.33. The van der Waals surface area contributed by atoms with Crippen molar-refractivity contribution in [2.24, 2.45) is 5.29 Å². The van der Waals surface area contributed by atoms with E-state index >= 15 is 0 Å². The summed E-state index contributed by atoms with van der Waals surface area (Å²) in [6.45, 7) is 0.614. The topological polar surface area (TPSA) is 41.5 Å². The van der Waals surface area contributed by atoms with E-state index in [1.54, 1.807) is 11.8 Å². The van der Waals surface area contributed by atoms with Gasteiger partial charge in [-0.05, 0) is 12.1 Å². The van der Waals surface area contributed by atoms with Gasteiger partial charge in [0.05, 0.1) is 0 Å². The maximum absolute atomic E-state index is 9.65. The van der Waals surface area contributed by atoms with Crippen LogP contribution in [0.15, 0.2) is 40.5 Å². The minimum atomic E-state index is 0.614. The van der Waals surface area contributed by atoms with E-state index in [1.165, 1.54) is 4.90 Å². The molecule has 1 aromatic rings. The highest BCUT2D eigenvalue weighted by Crippen LogP contribution is 2.15. The molecule has 0 heterocycles. The molecule has 64 valence electrons. The molecular weight excluding hydrogens is 172 g/mol. The van der Waals surface area contributed by atoms with Gasteiger partial charge in [-0.25, -0.2) is 0 Å². The molecule has 1 N–H and O–H groups in total. The number of hydrogen-bond donors (Lipinski definition) is 1. The van der Waals surface area contributed by atoms with E-state index in [-0.39, 0.29) is 0 Å². The van der Waals surface area contributed by atoms with Crippen LogP contribution in [0.25, 0.3) is 0 Å². The lowest BCUT2D eigenvalue weighted by atomic mass is 10.4. The quantitative estimate of drug-likeness (QED) is 0.328. The van der Waals surface area contributed by atoms with Crippen LogP contribution in [0.3, 0.4) is 0 Å². The molecule has 0 saturated carbocycles. The van der Waals surface area contributed by atoms with Gasteiger partial charge in [0.2, 0.25) is 0 Å². The molecular formula is C8H10N2OS. The van der Waals surface area contributed by atoms with Crippen molar-refractivity contribution < 1.29 is 0 Å². The number of nitrogens with one attached hydrogen (secondary N) is 1. The number of nitrogens with zero attached hydrogens (tertiary/aromatic N) is 1. The first kappa shape index (κ1) is 9.06. The number of thioether (sulfide) groups is 1. The summed E-state index contributed by atoms with van der Waals surface area (Å²) < 4.78 is 0. The second kappa shape index (κ2) is 5.60. The Balaban J connectivity index is 2.20. The van der Waals surface area contributed by atoms with Gasteiger partial charge in [-0.15, -0.1) is 16.7 Å². The predicted octanol–water partition coefficient (Wildman–Crippen LogP) is 2.05. The van der Waals surface area contributed by atoms with Crippen molar-refractivity contribution in [2.45, 2.75) is 4.90 Å². The molecule has 0 amide bonds. The minimum absolute atomic E-state index is 0.614. The van der Waals surface area contributed by atoms with Gasteiger partial charge in [0.25, 0.3) is 0 Å². The molecule has 0 fully saturated rings. The van der Waals surface area contributed by atoms with Gasteiger partial charge < -0.3 is 0 Å². The van der Waals surface area contributed by atoms with Crippen molar-refractivity contribution in [3.8, 4) is 0 Å². The van der Waals surface area contributed by atoms with E-state index < -0.39 is 0 Å². The number of hydrogen-bond acceptors (Lipinski definition) is 3. The molecule has 0 radical (unpaired) electrons. The molecule has 0 spiro atoms. The molecule has 0 aliphatic rings. The zero-order valence-corrected chi connectivity index (χ0v) is 7.38. The summed E-state index contributed by atoms with van der Waals surface area (Å²) in [6.07, 6.45) is 0. The Labute approximate surface area is 75.5 Å². The fourth-order valence-corrected chi connectivity index (χ4v) is 1.56. The molecule has 0 aliphatic heterocycles. The van der Waals surface area contributed by atoms with E-state index in [1.807, 2.05) is 30.3 Å². The number of nitroso groups, excluding NO2 is 1. The Morgan fingerprint density at radius 3 is 2.75 bits per heavy atom. The van der Waals surface area contributed by atoms with Gasteiger partial charge in [-0.3, -0.25) is 5.43 Å². The number of rotatable bonds is 5. The van der Waals surface area contributed by atoms with Crippen molar-refractivity contribution in [3.63, 3.8) is 0 Å². The summed E-state index contributed by atoms with van der Waals surface area (Å²) in [6, 6.07) is 10.1. The average Bonchev–Trinajstić information content (AvgIpc) is 2.14. The normalized spacial score (nSPS) is 9.33. The lowest BCUT2D eigenvalue weighted by Gasteiger charge is -1.98. The van der Waals surface area contributed by atoms with Crippen LogP contribution in [-0.2, 0) is 0 Å². The summed E-state index contributed by atoms with van der Waals surface area (Å²) >= 11 is 1.70. The maximum atomic E-state index is 9.65. The van der Waals surface area contributed by atoms with Gasteiger partial charge in [0.1, 0.15) is 0 Å². The molecule has 0 aliphatic carbocycles. The van der Waals surface area contributed by atoms with Crippen molar-refractivity contribution in [1.29, 1.82) is 0 Å². The third-order valence-corrected chi connectivity index (χ3v) is 2.30. The van der Waals surface area contributed by atoms with E-state index in [0.717, 1.165) is 5.75 Å². The monoisotopic (exact) mass is 182 g/mol. The molecule has 3 nitrogen and oxygen atoms in total. The van der Waals surface area contributed by atoms with Crippen molar-refractivity contribution >= 4 is 11.8 Å². The highest BCUT2D eigenvalue weighted by atomic mass is 32.2. The molecule has 0 atom stereocenters. The third kappa shape index (κ3) is 3.39. The van der Waals surface area contributed by atoms with Crippen molar-refractivity contribution in [1.82, 2.24) is 5.43 Å². The van der Waals surface area contributed by atoms with Crippen LogP contribution in [0.1, 0.15) is 0 Å². The highest BCUT2D eigenvalue weighted by molar-refractivity contribution is 7.99. The second-order valence-electron chi connectivity index (χ2n) is 2.16. The molecule has 0 bridgehead atoms. The molecule has 4 heteroatoms. The van der Waals surface area contributed by atoms with Gasteiger partial charge in [0, 0.05) is 22.5 Å². The first-order valence-electron chi connectivity index (χ1n) is 3.66. The zero-order chi connectivity index (χ0) is 8.65. The zero-order valence-electron chi connectivity index (χ0n) is 6.56. The Kier molecular flexibility index (Phi) is 4.23. The van der Waals surface area contributed by atoms with Crippen LogP contribution >= 0.6 is 11.8 Å². The molecule has 1 aromatic carbocycles. The molecule has 0 unspecified atom stereocenters. The van der Waals surface area contributed by atoms with Gasteiger partial charge in [-0.2, -0.15) is 0 Å². The summed E-state index contributed by atoms with van der Waals surface area (Å²) in [4.78, 5) is 10.9. The van der Waals surface area contributed by atoms with E-state index in [0.29, 0.717) is 6.54 Å². The first-order chi connectivity index (χ1) is 5.93. The van der Waals surface area contributed by atoms with E-state index in [4.69, 9.17) is 0 Å². The summed E-state index contributed by atoms with van der Waals surface area (Å²) in [7, 11) is 0. The van der Waals surface area contributed by atoms with Crippen LogP contribution in [0.5, 0.6) is 0 Å². The van der Waals surface area contributed by atoms with Crippen LogP contribution in [-0.4, -0.2) is 12.3 Å². The Morgan fingerprint density at radius 2 is 2.08 bits per heavy atom. The van der Waals surface area contributed by atoms with Gasteiger partial charge in [-0.1, -0.05) is 18.2 Å². The Morgan fingerprint density at radius 1 is 1.33 bits per heavy atom. The Hall–Kier alpha value is -1.03. The van der Waals surface area contributed by atoms with Crippen LogP contribution in [0.4, 0.5) is 0 Å². The molecule has 1 rings (SSSR count). The van der Waals surface area contributed by atoms with E-state index in [2.05, 4.69) is 10.7 Å². The largest absolute Gasteiger partial charge is 0.273 e. The Bertz CT molecular complexity index is 228. The standard InChI is InChI=1S/C8H10N2OS/c11-10-9-6-7-12-8-4-2-1-3-5-8/h1-5H,6-7H2,(H,9,11). The number of benzene rings is 1. The fraction of sp³-hybridized carbons (Fsp3) is 0.250. The predicted molar refractivity (Wildman–Crippen MR) is 51.0 cm³/mol. The molecule has 12 heavy (non-hydrogen) atoms. The van der Waals surface area contributed by atoms with Gasteiger partial charge >= 0.3 is 0 Å². The lowest BCUT2D eigenvalue weighted by molar-refractivity contribution is 0.781. The van der Waals surface area contributed by atoms with E-state index in [9.17, 15) is 4.91 Å². The smallest absolute Gasteiger partial charge is 0.0496 e. The van der Waals surface area contributed by atoms with Crippen molar-refractivity contribution in [2.75, 3.05) is 12.3 Å². The lowest BCUT2D eigenvalue weighted by Crippen LogP contribution is -2.07.